The highest BCUT2D eigenvalue weighted by Crippen LogP contribution is 2.38. The number of urea groups is 1. The normalized spacial score (nSPS) is 33.8. The van der Waals surface area contributed by atoms with E-state index in [2.05, 4.69) is 17.1 Å². The predicted octanol–water partition coefficient (Wildman–Crippen LogP) is 2.71. The van der Waals surface area contributed by atoms with Crippen molar-refractivity contribution in [1.29, 1.82) is 0 Å². The summed E-state index contributed by atoms with van der Waals surface area (Å²) in [5, 5.41) is 3.04. The summed E-state index contributed by atoms with van der Waals surface area (Å²) in [5.41, 5.74) is -0.622. The Labute approximate surface area is 133 Å². The first-order chi connectivity index (χ1) is 10.5. The van der Waals surface area contributed by atoms with E-state index in [0.717, 1.165) is 25.7 Å². The number of amides is 3. The first kappa shape index (κ1) is 15.8. The standard InChI is InChI=1S/C17H29N3O2/c1-13-8-6-7-11-17(13)15(21)20(16(22)18-17)12-19(2)14-9-4-3-5-10-14/h13-14H,3-12H2,1-2H3,(H,18,22)/t13-,17-/m0/s1. The minimum Gasteiger partial charge on any atom is -0.323 e. The topological polar surface area (TPSA) is 52.7 Å². The summed E-state index contributed by atoms with van der Waals surface area (Å²) in [5.74, 6) is 0.245. The molecule has 1 aliphatic heterocycles. The largest absolute Gasteiger partial charge is 0.326 e. The number of hydrogen-bond acceptors (Lipinski definition) is 3. The predicted molar refractivity (Wildman–Crippen MR) is 85.2 cm³/mol. The van der Waals surface area contributed by atoms with Crippen molar-refractivity contribution in [1.82, 2.24) is 15.1 Å². The highest BCUT2D eigenvalue weighted by atomic mass is 16.2. The van der Waals surface area contributed by atoms with E-state index < -0.39 is 5.54 Å². The maximum Gasteiger partial charge on any atom is 0.326 e. The number of imide groups is 1. The Kier molecular flexibility index (Phi) is 4.44. The molecule has 0 bridgehead atoms. The molecular formula is C17H29N3O2. The number of nitrogens with one attached hydrogen (secondary N) is 1. The Morgan fingerprint density at radius 3 is 2.50 bits per heavy atom. The van der Waals surface area contributed by atoms with Crippen LogP contribution in [0.2, 0.25) is 0 Å². The third-order valence-electron chi connectivity index (χ3n) is 6.06. The van der Waals surface area contributed by atoms with Crippen LogP contribution in [0.15, 0.2) is 0 Å². The van der Waals surface area contributed by atoms with Gasteiger partial charge in [-0.1, -0.05) is 39.0 Å². The molecule has 0 unspecified atom stereocenters. The molecule has 3 rings (SSSR count). The summed E-state index contributed by atoms with van der Waals surface area (Å²) >= 11 is 0. The molecule has 2 aliphatic carbocycles. The first-order valence-electron chi connectivity index (χ1n) is 8.89. The number of hydrogen-bond donors (Lipinski definition) is 1. The zero-order chi connectivity index (χ0) is 15.7. The lowest BCUT2D eigenvalue weighted by atomic mass is 9.73. The van der Waals surface area contributed by atoms with E-state index in [0.29, 0.717) is 12.7 Å². The first-order valence-corrected chi connectivity index (χ1v) is 8.89. The van der Waals surface area contributed by atoms with Gasteiger partial charge in [-0.25, -0.2) is 9.69 Å². The second-order valence-corrected chi connectivity index (χ2v) is 7.47. The van der Waals surface area contributed by atoms with Crippen molar-refractivity contribution in [3.05, 3.63) is 0 Å². The molecule has 22 heavy (non-hydrogen) atoms. The number of nitrogens with zero attached hydrogens (tertiary/aromatic N) is 2. The van der Waals surface area contributed by atoms with Gasteiger partial charge in [0.05, 0.1) is 6.67 Å². The van der Waals surface area contributed by atoms with Crippen molar-refractivity contribution >= 4 is 11.9 Å². The Balaban J connectivity index is 1.69. The molecule has 3 amide bonds. The summed E-state index contributed by atoms with van der Waals surface area (Å²) in [6.45, 7) is 2.54. The summed E-state index contributed by atoms with van der Waals surface area (Å²) in [6.07, 6.45) is 10.2. The fourth-order valence-electron chi connectivity index (χ4n) is 4.48. The molecule has 3 fully saturated rings. The SMILES string of the molecule is C[C@H]1CCCC[C@]12NC(=O)N(CN(C)C1CCCCC1)C2=O. The molecule has 0 aromatic heterocycles. The number of rotatable bonds is 3. The highest BCUT2D eigenvalue weighted by Gasteiger charge is 2.55. The van der Waals surface area contributed by atoms with Crippen LogP contribution in [-0.2, 0) is 4.79 Å². The van der Waals surface area contributed by atoms with Gasteiger partial charge < -0.3 is 5.32 Å². The lowest BCUT2D eigenvalue weighted by Gasteiger charge is -2.37. The van der Waals surface area contributed by atoms with Crippen LogP contribution in [0, 0.1) is 5.92 Å². The minimum absolute atomic E-state index is 0.00681. The van der Waals surface area contributed by atoms with Crippen LogP contribution in [0.1, 0.15) is 64.7 Å². The van der Waals surface area contributed by atoms with Crippen molar-refractivity contribution < 1.29 is 9.59 Å². The van der Waals surface area contributed by atoms with Crippen LogP contribution >= 0.6 is 0 Å². The summed E-state index contributed by atoms with van der Waals surface area (Å²) in [4.78, 5) is 29.0. The Morgan fingerprint density at radius 1 is 1.14 bits per heavy atom. The third kappa shape index (κ3) is 2.64. The second-order valence-electron chi connectivity index (χ2n) is 7.47. The molecule has 0 radical (unpaired) electrons. The molecule has 1 spiro atoms. The average molecular weight is 307 g/mol. The van der Waals surface area contributed by atoms with Crippen LogP contribution in [0.5, 0.6) is 0 Å². The van der Waals surface area contributed by atoms with Gasteiger partial charge in [-0.05, 0) is 38.6 Å². The van der Waals surface area contributed by atoms with Crippen LogP contribution in [-0.4, -0.2) is 47.0 Å². The van der Waals surface area contributed by atoms with Gasteiger partial charge in [0.25, 0.3) is 5.91 Å². The van der Waals surface area contributed by atoms with Gasteiger partial charge in [-0.15, -0.1) is 0 Å². The lowest BCUT2D eigenvalue weighted by molar-refractivity contribution is -0.135. The van der Waals surface area contributed by atoms with E-state index in [4.69, 9.17) is 0 Å². The minimum atomic E-state index is -0.622. The van der Waals surface area contributed by atoms with Gasteiger partial charge in [0.15, 0.2) is 0 Å². The fourth-order valence-corrected chi connectivity index (χ4v) is 4.48. The van der Waals surface area contributed by atoms with E-state index in [1.165, 1.54) is 37.0 Å². The molecule has 5 heteroatoms. The van der Waals surface area contributed by atoms with Crippen LogP contribution < -0.4 is 5.32 Å². The Morgan fingerprint density at radius 2 is 1.82 bits per heavy atom. The van der Waals surface area contributed by atoms with Crippen molar-refractivity contribution in [2.45, 2.75) is 76.3 Å². The average Bonchev–Trinajstić information content (AvgIpc) is 2.76. The van der Waals surface area contributed by atoms with Crippen molar-refractivity contribution in [2.75, 3.05) is 13.7 Å². The quantitative estimate of drug-likeness (QED) is 0.816. The van der Waals surface area contributed by atoms with Crippen LogP contribution in [0.4, 0.5) is 4.79 Å². The molecule has 2 saturated carbocycles. The van der Waals surface area contributed by atoms with Gasteiger partial charge >= 0.3 is 6.03 Å². The fraction of sp³-hybridized carbons (Fsp3) is 0.882. The van der Waals surface area contributed by atoms with Gasteiger partial charge in [-0.3, -0.25) is 9.69 Å². The molecule has 2 atom stereocenters. The molecule has 0 aromatic rings. The zero-order valence-electron chi connectivity index (χ0n) is 13.9. The molecule has 0 aromatic carbocycles. The monoisotopic (exact) mass is 307 g/mol. The summed E-state index contributed by atoms with van der Waals surface area (Å²) in [6, 6.07) is 0.316. The van der Waals surface area contributed by atoms with Crippen LogP contribution in [0.3, 0.4) is 0 Å². The third-order valence-corrected chi connectivity index (χ3v) is 6.06. The van der Waals surface area contributed by atoms with Gasteiger partial charge in [-0.2, -0.15) is 0 Å². The maximum absolute atomic E-state index is 12.9. The van der Waals surface area contributed by atoms with Gasteiger partial charge in [0.2, 0.25) is 0 Å². The molecule has 1 heterocycles. The summed E-state index contributed by atoms with van der Waals surface area (Å²) < 4.78 is 0. The van der Waals surface area contributed by atoms with Crippen molar-refractivity contribution in [3.63, 3.8) is 0 Å². The second kappa shape index (κ2) is 6.19. The van der Waals surface area contributed by atoms with Crippen molar-refractivity contribution in [2.24, 2.45) is 5.92 Å². The Bertz CT molecular complexity index is 447. The lowest BCUT2D eigenvalue weighted by Crippen LogP contribution is -2.54. The zero-order valence-corrected chi connectivity index (χ0v) is 13.9. The van der Waals surface area contributed by atoms with E-state index in [-0.39, 0.29) is 17.9 Å². The molecule has 1 N–H and O–H groups in total. The molecule has 124 valence electrons. The van der Waals surface area contributed by atoms with Gasteiger partial charge in [0.1, 0.15) is 5.54 Å². The van der Waals surface area contributed by atoms with Crippen LogP contribution in [0.25, 0.3) is 0 Å². The highest BCUT2D eigenvalue weighted by molar-refractivity contribution is 6.07. The van der Waals surface area contributed by atoms with E-state index >= 15 is 0 Å². The molecular weight excluding hydrogens is 278 g/mol. The van der Waals surface area contributed by atoms with E-state index in [9.17, 15) is 9.59 Å². The van der Waals surface area contributed by atoms with Crippen molar-refractivity contribution in [3.8, 4) is 0 Å². The molecule has 5 nitrogen and oxygen atoms in total. The van der Waals surface area contributed by atoms with Gasteiger partial charge in [0, 0.05) is 6.04 Å². The Hall–Kier alpha value is -1.10. The van der Waals surface area contributed by atoms with E-state index in [1.807, 2.05) is 7.05 Å². The molecule has 3 aliphatic rings. The number of carbonyl (C=O) groups excluding carboxylic acids is 2. The van der Waals surface area contributed by atoms with E-state index in [1.54, 1.807) is 0 Å². The number of carbonyl (C=O) groups is 2. The smallest absolute Gasteiger partial charge is 0.323 e. The maximum atomic E-state index is 12.9. The summed E-state index contributed by atoms with van der Waals surface area (Å²) in [7, 11) is 2.05. The molecule has 1 saturated heterocycles.